The Labute approximate surface area is 95.4 Å². The van der Waals surface area contributed by atoms with Crippen molar-refractivity contribution in [2.75, 3.05) is 0 Å². The van der Waals surface area contributed by atoms with Gasteiger partial charge >= 0.3 is 0 Å². The average Bonchev–Trinajstić information content (AvgIpc) is 2.30. The molecule has 1 aliphatic rings. The van der Waals surface area contributed by atoms with Crippen LogP contribution < -0.4 is 0 Å². The maximum Gasteiger partial charge on any atom is 0.115 e. The predicted octanol–water partition coefficient (Wildman–Crippen LogP) is 2.12. The van der Waals surface area contributed by atoms with Crippen LogP contribution in [0.5, 0.6) is 5.75 Å². The number of aromatic hydroxyl groups is 1. The summed E-state index contributed by atoms with van der Waals surface area (Å²) in [5.74, 6) is 0.173. The molecule has 1 saturated carbocycles. The molecular formula is C13H18O3. The molecule has 0 heterocycles. The van der Waals surface area contributed by atoms with Gasteiger partial charge in [0.25, 0.3) is 0 Å². The van der Waals surface area contributed by atoms with E-state index in [9.17, 15) is 10.2 Å². The van der Waals surface area contributed by atoms with E-state index in [2.05, 4.69) is 0 Å². The molecule has 3 nitrogen and oxygen atoms in total. The van der Waals surface area contributed by atoms with Gasteiger partial charge in [-0.3, -0.25) is 0 Å². The van der Waals surface area contributed by atoms with E-state index in [0.29, 0.717) is 18.4 Å². The van der Waals surface area contributed by atoms with Crippen LogP contribution in [-0.2, 0) is 0 Å². The summed E-state index contributed by atoms with van der Waals surface area (Å²) < 4.78 is 0. The number of rotatable bonds is 2. The number of phenolic OH excluding ortho intramolecular Hbond substituents is 1. The van der Waals surface area contributed by atoms with E-state index in [1.807, 2.05) is 0 Å². The third-order valence-electron chi connectivity index (χ3n) is 3.44. The Hall–Kier alpha value is -1.06. The van der Waals surface area contributed by atoms with Gasteiger partial charge in [-0.1, -0.05) is 31.4 Å². The fourth-order valence-electron chi connectivity index (χ4n) is 2.40. The van der Waals surface area contributed by atoms with E-state index in [1.165, 1.54) is 12.1 Å². The Morgan fingerprint density at radius 2 is 1.56 bits per heavy atom. The SMILES string of the molecule is Oc1ccc(C(O)C2(O)CCCCC2)cc1. The lowest BCUT2D eigenvalue weighted by Gasteiger charge is -2.36. The fourth-order valence-corrected chi connectivity index (χ4v) is 2.40. The van der Waals surface area contributed by atoms with Gasteiger partial charge in [0.05, 0.1) is 5.60 Å². The number of aliphatic hydroxyl groups is 2. The minimum Gasteiger partial charge on any atom is -0.508 e. The van der Waals surface area contributed by atoms with Crippen LogP contribution in [0.1, 0.15) is 43.8 Å². The number of phenols is 1. The number of aliphatic hydroxyl groups excluding tert-OH is 1. The van der Waals surface area contributed by atoms with E-state index in [1.54, 1.807) is 12.1 Å². The minimum atomic E-state index is -0.991. The zero-order valence-electron chi connectivity index (χ0n) is 9.26. The molecule has 0 radical (unpaired) electrons. The van der Waals surface area contributed by atoms with Gasteiger partial charge in [-0.25, -0.2) is 0 Å². The molecule has 1 atom stereocenters. The van der Waals surface area contributed by atoms with Crippen molar-refractivity contribution in [3.8, 4) is 5.75 Å². The molecule has 0 saturated heterocycles. The lowest BCUT2D eigenvalue weighted by molar-refractivity contribution is -0.0991. The van der Waals surface area contributed by atoms with E-state index in [4.69, 9.17) is 5.11 Å². The second kappa shape index (κ2) is 4.44. The predicted molar refractivity (Wildman–Crippen MR) is 61.1 cm³/mol. The van der Waals surface area contributed by atoms with E-state index < -0.39 is 11.7 Å². The lowest BCUT2D eigenvalue weighted by atomic mass is 9.78. The molecule has 2 rings (SSSR count). The summed E-state index contributed by atoms with van der Waals surface area (Å²) in [5, 5.41) is 29.7. The van der Waals surface area contributed by atoms with Crippen LogP contribution in [0.2, 0.25) is 0 Å². The van der Waals surface area contributed by atoms with Crippen LogP contribution in [0.15, 0.2) is 24.3 Å². The van der Waals surface area contributed by atoms with Gasteiger partial charge in [-0.2, -0.15) is 0 Å². The summed E-state index contributed by atoms with van der Waals surface area (Å²) in [7, 11) is 0. The highest BCUT2D eigenvalue weighted by Gasteiger charge is 2.37. The van der Waals surface area contributed by atoms with Gasteiger partial charge in [0.15, 0.2) is 0 Å². The van der Waals surface area contributed by atoms with Crippen LogP contribution in [-0.4, -0.2) is 20.9 Å². The smallest absolute Gasteiger partial charge is 0.115 e. The molecule has 0 aromatic heterocycles. The van der Waals surface area contributed by atoms with Gasteiger partial charge in [-0.05, 0) is 30.5 Å². The number of hydrogen-bond acceptors (Lipinski definition) is 3. The van der Waals surface area contributed by atoms with Crippen LogP contribution in [0.25, 0.3) is 0 Å². The quantitative estimate of drug-likeness (QED) is 0.718. The topological polar surface area (TPSA) is 60.7 Å². The number of benzene rings is 1. The normalized spacial score (nSPS) is 21.6. The van der Waals surface area contributed by atoms with E-state index in [-0.39, 0.29) is 5.75 Å². The first kappa shape index (κ1) is 11.4. The summed E-state index contributed by atoms with van der Waals surface area (Å²) in [4.78, 5) is 0. The Kier molecular flexibility index (Phi) is 3.17. The van der Waals surface area contributed by atoms with Crippen LogP contribution in [0.4, 0.5) is 0 Å². The molecule has 3 N–H and O–H groups in total. The monoisotopic (exact) mass is 222 g/mol. The molecule has 0 bridgehead atoms. The van der Waals surface area contributed by atoms with E-state index in [0.717, 1.165) is 19.3 Å². The van der Waals surface area contributed by atoms with Crippen molar-refractivity contribution in [1.29, 1.82) is 0 Å². The molecule has 1 unspecified atom stereocenters. The molecule has 1 aromatic rings. The van der Waals surface area contributed by atoms with E-state index >= 15 is 0 Å². The van der Waals surface area contributed by atoms with Crippen molar-refractivity contribution in [2.24, 2.45) is 0 Å². The van der Waals surface area contributed by atoms with Crippen molar-refractivity contribution in [1.82, 2.24) is 0 Å². The summed E-state index contributed by atoms with van der Waals surface area (Å²) in [6.45, 7) is 0. The molecule has 88 valence electrons. The lowest BCUT2D eigenvalue weighted by Crippen LogP contribution is -2.38. The molecule has 1 fully saturated rings. The van der Waals surface area contributed by atoms with Crippen molar-refractivity contribution < 1.29 is 15.3 Å². The summed E-state index contributed by atoms with van der Waals surface area (Å²) in [5.41, 5.74) is -0.322. The third-order valence-corrected chi connectivity index (χ3v) is 3.44. The molecule has 1 aromatic carbocycles. The van der Waals surface area contributed by atoms with Crippen molar-refractivity contribution in [3.63, 3.8) is 0 Å². The van der Waals surface area contributed by atoms with Crippen LogP contribution in [0, 0.1) is 0 Å². The zero-order chi connectivity index (χ0) is 11.6. The second-order valence-corrected chi connectivity index (χ2v) is 4.66. The fraction of sp³-hybridized carbons (Fsp3) is 0.538. The molecule has 0 spiro atoms. The van der Waals surface area contributed by atoms with Gasteiger partial charge < -0.3 is 15.3 Å². The number of hydrogen-bond donors (Lipinski definition) is 3. The van der Waals surface area contributed by atoms with Gasteiger partial charge in [0.1, 0.15) is 11.9 Å². The highest BCUT2D eigenvalue weighted by Crippen LogP contribution is 2.38. The summed E-state index contributed by atoms with van der Waals surface area (Å²) in [6, 6.07) is 6.38. The minimum absolute atomic E-state index is 0.173. The Bertz CT molecular complexity index is 339. The highest BCUT2D eigenvalue weighted by molar-refractivity contribution is 5.28. The average molecular weight is 222 g/mol. The first-order chi connectivity index (χ1) is 7.62. The van der Waals surface area contributed by atoms with Crippen molar-refractivity contribution in [2.45, 2.75) is 43.8 Å². The third kappa shape index (κ3) is 2.20. The molecule has 16 heavy (non-hydrogen) atoms. The molecule has 0 amide bonds. The molecule has 1 aliphatic carbocycles. The Morgan fingerprint density at radius 3 is 2.12 bits per heavy atom. The standard InChI is InChI=1S/C13H18O3/c14-11-6-4-10(5-7-11)12(15)13(16)8-2-1-3-9-13/h4-7,12,14-16H,1-3,8-9H2. The highest BCUT2D eigenvalue weighted by atomic mass is 16.3. The maximum atomic E-state index is 10.4. The molecular weight excluding hydrogens is 204 g/mol. The van der Waals surface area contributed by atoms with Crippen LogP contribution >= 0.6 is 0 Å². The largest absolute Gasteiger partial charge is 0.508 e. The summed E-state index contributed by atoms with van der Waals surface area (Å²) in [6.07, 6.45) is 3.50. The van der Waals surface area contributed by atoms with Gasteiger partial charge in [0, 0.05) is 0 Å². The molecule has 0 aliphatic heterocycles. The Morgan fingerprint density at radius 1 is 1.00 bits per heavy atom. The Balaban J connectivity index is 2.16. The first-order valence-electron chi connectivity index (χ1n) is 5.81. The van der Waals surface area contributed by atoms with Crippen molar-refractivity contribution >= 4 is 0 Å². The first-order valence-corrected chi connectivity index (χ1v) is 5.81. The molecule has 3 heteroatoms. The van der Waals surface area contributed by atoms with Gasteiger partial charge in [-0.15, -0.1) is 0 Å². The summed E-state index contributed by atoms with van der Waals surface area (Å²) >= 11 is 0. The van der Waals surface area contributed by atoms with Crippen molar-refractivity contribution in [3.05, 3.63) is 29.8 Å². The van der Waals surface area contributed by atoms with Crippen LogP contribution in [0.3, 0.4) is 0 Å². The van der Waals surface area contributed by atoms with Gasteiger partial charge in [0.2, 0.25) is 0 Å². The maximum absolute atomic E-state index is 10.4. The second-order valence-electron chi connectivity index (χ2n) is 4.66. The zero-order valence-corrected chi connectivity index (χ0v) is 9.26.